The molecule has 2 aromatic rings. The number of carbonyl (C=O) groups excluding carboxylic acids is 3. The molecule has 7 heteroatoms. The maximum absolute atomic E-state index is 13.2. The van der Waals surface area contributed by atoms with Crippen molar-refractivity contribution in [1.82, 2.24) is 16.0 Å². The van der Waals surface area contributed by atoms with Gasteiger partial charge in [0, 0.05) is 20.1 Å². The van der Waals surface area contributed by atoms with Crippen LogP contribution in [0.1, 0.15) is 45.2 Å². The SMILES string of the molecule is CC[C@H](C)[C@H](NC(C)=O)C(=O)NC(CNC(=O)[C@@H]1CCOC1)c1ccc2ccccc2c1. The number of ether oxygens (including phenoxy) is 1. The number of hydrogen-bond donors (Lipinski definition) is 3. The second-order valence-electron chi connectivity index (χ2n) is 8.54. The van der Waals surface area contributed by atoms with Gasteiger partial charge in [-0.1, -0.05) is 56.7 Å². The molecule has 1 fully saturated rings. The Balaban J connectivity index is 1.81. The van der Waals surface area contributed by atoms with E-state index in [9.17, 15) is 14.4 Å². The van der Waals surface area contributed by atoms with Crippen LogP contribution in [0.4, 0.5) is 0 Å². The largest absolute Gasteiger partial charge is 0.381 e. The molecule has 0 spiro atoms. The fourth-order valence-electron chi connectivity index (χ4n) is 3.95. The van der Waals surface area contributed by atoms with Crippen LogP contribution in [0, 0.1) is 11.8 Å². The van der Waals surface area contributed by atoms with Crippen molar-refractivity contribution in [2.75, 3.05) is 19.8 Å². The molecular formula is C25H33N3O4. The Morgan fingerprint density at radius 2 is 1.84 bits per heavy atom. The number of amides is 3. The van der Waals surface area contributed by atoms with E-state index in [1.54, 1.807) is 0 Å². The molecule has 0 bridgehead atoms. The summed E-state index contributed by atoms with van der Waals surface area (Å²) in [7, 11) is 0. The third kappa shape index (κ3) is 6.07. The predicted octanol–water partition coefficient (Wildman–Crippen LogP) is 2.70. The van der Waals surface area contributed by atoms with Gasteiger partial charge < -0.3 is 20.7 Å². The lowest BCUT2D eigenvalue weighted by molar-refractivity contribution is -0.130. The van der Waals surface area contributed by atoms with E-state index in [0.29, 0.717) is 19.6 Å². The first-order valence-electron chi connectivity index (χ1n) is 11.3. The maximum atomic E-state index is 13.2. The highest BCUT2D eigenvalue weighted by atomic mass is 16.5. The smallest absolute Gasteiger partial charge is 0.243 e. The Kier molecular flexibility index (Phi) is 8.22. The van der Waals surface area contributed by atoms with Gasteiger partial charge in [0.25, 0.3) is 0 Å². The van der Waals surface area contributed by atoms with Crippen LogP contribution in [0.3, 0.4) is 0 Å². The maximum Gasteiger partial charge on any atom is 0.243 e. The molecule has 3 N–H and O–H groups in total. The van der Waals surface area contributed by atoms with Crippen LogP contribution >= 0.6 is 0 Å². The highest BCUT2D eigenvalue weighted by Gasteiger charge is 2.29. The van der Waals surface area contributed by atoms with Crippen LogP contribution in [0.25, 0.3) is 10.8 Å². The zero-order valence-electron chi connectivity index (χ0n) is 19.0. The fraction of sp³-hybridized carbons (Fsp3) is 0.480. The normalized spacial score (nSPS) is 18.5. The average molecular weight is 440 g/mol. The molecule has 32 heavy (non-hydrogen) atoms. The van der Waals surface area contributed by atoms with E-state index in [1.165, 1.54) is 6.92 Å². The minimum absolute atomic E-state index is 0.0265. The molecular weight excluding hydrogens is 406 g/mol. The summed E-state index contributed by atoms with van der Waals surface area (Å²) in [6.45, 7) is 6.61. The van der Waals surface area contributed by atoms with Gasteiger partial charge in [-0.2, -0.15) is 0 Å². The highest BCUT2D eigenvalue weighted by Crippen LogP contribution is 2.21. The quantitative estimate of drug-likeness (QED) is 0.560. The molecule has 2 aromatic carbocycles. The van der Waals surface area contributed by atoms with Gasteiger partial charge in [-0.05, 0) is 34.7 Å². The van der Waals surface area contributed by atoms with Gasteiger partial charge in [0.1, 0.15) is 6.04 Å². The lowest BCUT2D eigenvalue weighted by Gasteiger charge is -2.27. The van der Waals surface area contributed by atoms with Crippen molar-refractivity contribution >= 4 is 28.5 Å². The molecule has 4 atom stereocenters. The van der Waals surface area contributed by atoms with Gasteiger partial charge in [-0.25, -0.2) is 0 Å². The third-order valence-corrected chi connectivity index (χ3v) is 6.13. The van der Waals surface area contributed by atoms with Gasteiger partial charge in [-0.3, -0.25) is 14.4 Å². The molecule has 1 unspecified atom stereocenters. The molecule has 1 saturated heterocycles. The van der Waals surface area contributed by atoms with Crippen molar-refractivity contribution in [2.45, 2.75) is 45.7 Å². The van der Waals surface area contributed by atoms with Gasteiger partial charge in [0.15, 0.2) is 0 Å². The Bertz CT molecular complexity index is 955. The number of fused-ring (bicyclic) bond motifs is 1. The van der Waals surface area contributed by atoms with E-state index in [0.717, 1.165) is 22.8 Å². The van der Waals surface area contributed by atoms with Crippen molar-refractivity contribution in [3.05, 3.63) is 48.0 Å². The first-order valence-corrected chi connectivity index (χ1v) is 11.3. The standard InChI is InChI=1S/C25H33N3O4/c1-4-16(2)23(27-17(3)29)25(31)28-22(14-26-24(30)21-11-12-32-15-21)20-10-9-18-7-5-6-8-19(18)13-20/h5-10,13,16,21-23H,4,11-12,14-15H2,1-3H3,(H,26,30)(H,27,29)(H,28,31)/t16-,21+,22?,23-/m0/s1. The van der Waals surface area contributed by atoms with E-state index in [1.807, 2.05) is 56.3 Å². The number of benzene rings is 2. The zero-order valence-corrected chi connectivity index (χ0v) is 19.0. The van der Waals surface area contributed by atoms with Gasteiger partial charge >= 0.3 is 0 Å². The number of hydrogen-bond acceptors (Lipinski definition) is 4. The first kappa shape index (κ1) is 23.7. The molecule has 1 aliphatic rings. The summed E-state index contributed by atoms with van der Waals surface area (Å²) in [4.78, 5) is 37.4. The predicted molar refractivity (Wildman–Crippen MR) is 124 cm³/mol. The van der Waals surface area contributed by atoms with E-state index in [2.05, 4.69) is 16.0 Å². The second kappa shape index (κ2) is 11.1. The Morgan fingerprint density at radius 1 is 1.09 bits per heavy atom. The molecule has 7 nitrogen and oxygen atoms in total. The van der Waals surface area contributed by atoms with E-state index in [4.69, 9.17) is 4.74 Å². The van der Waals surface area contributed by atoms with Crippen LogP contribution in [0.15, 0.2) is 42.5 Å². The Morgan fingerprint density at radius 3 is 2.50 bits per heavy atom. The van der Waals surface area contributed by atoms with Crippen LogP contribution in [-0.2, 0) is 19.1 Å². The molecule has 1 aliphatic heterocycles. The topological polar surface area (TPSA) is 96.5 Å². The van der Waals surface area contributed by atoms with E-state index < -0.39 is 12.1 Å². The minimum Gasteiger partial charge on any atom is -0.381 e. The van der Waals surface area contributed by atoms with Gasteiger partial charge in [-0.15, -0.1) is 0 Å². The van der Waals surface area contributed by atoms with Crippen molar-refractivity contribution < 1.29 is 19.1 Å². The zero-order chi connectivity index (χ0) is 23.1. The third-order valence-electron chi connectivity index (χ3n) is 6.13. The van der Waals surface area contributed by atoms with E-state index >= 15 is 0 Å². The summed E-state index contributed by atoms with van der Waals surface area (Å²) < 4.78 is 5.32. The average Bonchev–Trinajstić information content (AvgIpc) is 3.34. The van der Waals surface area contributed by atoms with E-state index in [-0.39, 0.29) is 36.1 Å². The molecule has 0 radical (unpaired) electrons. The van der Waals surface area contributed by atoms with Crippen molar-refractivity contribution in [2.24, 2.45) is 11.8 Å². The minimum atomic E-state index is -0.639. The molecule has 0 aromatic heterocycles. The van der Waals surface area contributed by atoms with Gasteiger partial charge in [0.2, 0.25) is 17.7 Å². The molecule has 3 rings (SSSR count). The Labute approximate surface area is 189 Å². The summed E-state index contributed by atoms with van der Waals surface area (Å²) in [6, 6.07) is 12.9. The number of carbonyl (C=O) groups is 3. The fourth-order valence-corrected chi connectivity index (χ4v) is 3.95. The number of nitrogens with one attached hydrogen (secondary N) is 3. The van der Waals surface area contributed by atoms with Crippen molar-refractivity contribution in [1.29, 1.82) is 0 Å². The van der Waals surface area contributed by atoms with Crippen molar-refractivity contribution in [3.63, 3.8) is 0 Å². The summed E-state index contributed by atoms with van der Waals surface area (Å²) >= 11 is 0. The molecule has 3 amide bonds. The second-order valence-corrected chi connectivity index (χ2v) is 8.54. The molecule has 0 saturated carbocycles. The molecule has 172 valence electrons. The lowest BCUT2D eigenvalue weighted by Crippen LogP contribution is -2.51. The monoisotopic (exact) mass is 439 g/mol. The summed E-state index contributed by atoms with van der Waals surface area (Å²) in [6.07, 6.45) is 1.45. The summed E-state index contributed by atoms with van der Waals surface area (Å²) in [5.41, 5.74) is 0.894. The molecule has 0 aliphatic carbocycles. The molecule has 1 heterocycles. The Hall–Kier alpha value is -2.93. The summed E-state index contributed by atoms with van der Waals surface area (Å²) in [5.74, 6) is -0.757. The van der Waals surface area contributed by atoms with Crippen LogP contribution in [0.2, 0.25) is 0 Å². The lowest BCUT2D eigenvalue weighted by atomic mass is 9.96. The van der Waals surface area contributed by atoms with Crippen LogP contribution in [0.5, 0.6) is 0 Å². The highest BCUT2D eigenvalue weighted by molar-refractivity contribution is 5.88. The van der Waals surface area contributed by atoms with Gasteiger partial charge in [0.05, 0.1) is 18.6 Å². The van der Waals surface area contributed by atoms with Crippen LogP contribution < -0.4 is 16.0 Å². The first-order chi connectivity index (χ1) is 15.4. The van der Waals surface area contributed by atoms with Crippen LogP contribution in [-0.4, -0.2) is 43.5 Å². The summed E-state index contributed by atoms with van der Waals surface area (Å²) in [5, 5.41) is 11.0. The van der Waals surface area contributed by atoms with Crippen molar-refractivity contribution in [3.8, 4) is 0 Å². The number of rotatable bonds is 9.